The predicted octanol–water partition coefficient (Wildman–Crippen LogP) is 1.43. The van der Waals surface area contributed by atoms with E-state index in [2.05, 4.69) is 10.6 Å². The highest BCUT2D eigenvalue weighted by Crippen LogP contribution is 2.30. The maximum absolute atomic E-state index is 12.1. The Morgan fingerprint density at radius 2 is 1.89 bits per heavy atom. The molecule has 0 heterocycles. The number of hydrogen-bond acceptors (Lipinski definition) is 3. The van der Waals surface area contributed by atoms with Gasteiger partial charge in [-0.25, -0.2) is 0 Å². The van der Waals surface area contributed by atoms with E-state index >= 15 is 0 Å². The molecule has 4 heteroatoms. The van der Waals surface area contributed by atoms with Crippen LogP contribution in [0.25, 0.3) is 0 Å². The summed E-state index contributed by atoms with van der Waals surface area (Å²) in [6.07, 6.45) is 6.33. The summed E-state index contributed by atoms with van der Waals surface area (Å²) in [4.78, 5) is 12.1. The minimum atomic E-state index is -0.130. The molecule has 4 nitrogen and oxygen atoms in total. The summed E-state index contributed by atoms with van der Waals surface area (Å²) in [6.45, 7) is 4.03. The highest BCUT2D eigenvalue weighted by Gasteiger charge is 2.33. The molecule has 0 aromatic heterocycles. The van der Waals surface area contributed by atoms with Crippen LogP contribution < -0.4 is 10.6 Å². The molecule has 1 fully saturated rings. The molecule has 1 saturated carbocycles. The van der Waals surface area contributed by atoms with Crippen molar-refractivity contribution in [3.63, 3.8) is 0 Å². The lowest BCUT2D eigenvalue weighted by molar-refractivity contribution is -0.124. The molecule has 1 atom stereocenters. The number of amides is 1. The first kappa shape index (κ1) is 15.4. The molecule has 1 aliphatic carbocycles. The van der Waals surface area contributed by atoms with Gasteiger partial charge in [-0.3, -0.25) is 4.79 Å². The van der Waals surface area contributed by atoms with E-state index in [4.69, 9.17) is 0 Å². The third-order valence-corrected chi connectivity index (χ3v) is 4.19. The van der Waals surface area contributed by atoms with Crippen LogP contribution in [0.1, 0.15) is 52.4 Å². The van der Waals surface area contributed by atoms with Gasteiger partial charge in [0.15, 0.2) is 0 Å². The van der Waals surface area contributed by atoms with Crippen LogP contribution in [0.4, 0.5) is 0 Å². The Morgan fingerprint density at radius 1 is 1.28 bits per heavy atom. The first-order chi connectivity index (χ1) is 8.53. The van der Waals surface area contributed by atoms with Crippen LogP contribution in [-0.4, -0.2) is 36.2 Å². The summed E-state index contributed by atoms with van der Waals surface area (Å²) in [5.41, 5.74) is -0.0285. The zero-order valence-electron chi connectivity index (χ0n) is 12.0. The molecule has 0 saturated heterocycles. The molecule has 1 unspecified atom stereocenters. The Morgan fingerprint density at radius 3 is 2.33 bits per heavy atom. The number of hydrogen-bond donors (Lipinski definition) is 3. The topological polar surface area (TPSA) is 61.4 Å². The molecule has 3 N–H and O–H groups in total. The van der Waals surface area contributed by atoms with Crippen LogP contribution in [-0.2, 0) is 4.79 Å². The molecular weight excluding hydrogens is 228 g/mol. The largest absolute Gasteiger partial charge is 0.394 e. The molecule has 106 valence electrons. The van der Waals surface area contributed by atoms with Crippen LogP contribution in [0.15, 0.2) is 0 Å². The minimum absolute atomic E-state index is 0.00988. The van der Waals surface area contributed by atoms with Crippen molar-refractivity contribution < 1.29 is 9.90 Å². The van der Waals surface area contributed by atoms with Crippen molar-refractivity contribution in [2.75, 3.05) is 13.7 Å². The van der Waals surface area contributed by atoms with Gasteiger partial charge in [-0.2, -0.15) is 0 Å². The van der Waals surface area contributed by atoms with Gasteiger partial charge in [-0.15, -0.1) is 0 Å². The smallest absolute Gasteiger partial charge is 0.222 e. The quantitative estimate of drug-likeness (QED) is 0.674. The molecule has 1 amide bonds. The van der Waals surface area contributed by atoms with Crippen molar-refractivity contribution in [2.45, 2.75) is 64.0 Å². The zero-order valence-corrected chi connectivity index (χ0v) is 12.0. The number of aliphatic hydroxyl groups is 1. The molecule has 0 aromatic rings. The fourth-order valence-corrected chi connectivity index (χ4v) is 2.73. The molecule has 0 aromatic carbocycles. The van der Waals surface area contributed by atoms with Gasteiger partial charge in [-0.05, 0) is 25.8 Å². The van der Waals surface area contributed by atoms with Crippen LogP contribution >= 0.6 is 0 Å². The fourth-order valence-electron chi connectivity index (χ4n) is 2.73. The minimum Gasteiger partial charge on any atom is -0.394 e. The van der Waals surface area contributed by atoms with E-state index in [1.54, 1.807) is 0 Å². The second-order valence-corrected chi connectivity index (χ2v) is 5.87. The van der Waals surface area contributed by atoms with E-state index in [-0.39, 0.29) is 30.0 Å². The Hall–Kier alpha value is -0.610. The van der Waals surface area contributed by atoms with Gasteiger partial charge >= 0.3 is 0 Å². The molecule has 1 rings (SSSR count). The first-order valence-corrected chi connectivity index (χ1v) is 7.12. The highest BCUT2D eigenvalue weighted by molar-refractivity contribution is 5.77. The number of carbonyl (C=O) groups is 1. The second-order valence-electron chi connectivity index (χ2n) is 5.87. The van der Waals surface area contributed by atoms with Crippen molar-refractivity contribution in [1.82, 2.24) is 10.6 Å². The number of nitrogens with one attached hydrogen (secondary N) is 2. The lowest BCUT2D eigenvalue weighted by Crippen LogP contribution is -2.50. The van der Waals surface area contributed by atoms with E-state index < -0.39 is 0 Å². The average molecular weight is 256 g/mol. The Kier molecular flexibility index (Phi) is 6.09. The van der Waals surface area contributed by atoms with Crippen molar-refractivity contribution in [1.29, 1.82) is 0 Å². The third-order valence-electron chi connectivity index (χ3n) is 4.19. The van der Waals surface area contributed by atoms with E-state index in [1.807, 2.05) is 20.9 Å². The summed E-state index contributed by atoms with van der Waals surface area (Å²) >= 11 is 0. The lowest BCUT2D eigenvalue weighted by Gasteiger charge is -2.37. The van der Waals surface area contributed by atoms with Gasteiger partial charge in [0.2, 0.25) is 5.91 Å². The number of aliphatic hydroxyl groups excluding tert-OH is 1. The van der Waals surface area contributed by atoms with Gasteiger partial charge in [-0.1, -0.05) is 33.1 Å². The predicted molar refractivity (Wildman–Crippen MR) is 73.3 cm³/mol. The van der Waals surface area contributed by atoms with Crippen LogP contribution in [0, 0.1) is 5.92 Å². The molecular formula is C14H28N2O2. The first-order valence-electron chi connectivity index (χ1n) is 7.12. The molecule has 0 spiro atoms. The standard InChI is InChI=1S/C14H28N2O2/c1-11(2)12(10-17)16-13(18)9-14(15-3)7-5-4-6-8-14/h11-12,15,17H,4-10H2,1-3H3,(H,16,18). The summed E-state index contributed by atoms with van der Waals surface area (Å²) in [6, 6.07) is -0.130. The number of rotatable bonds is 6. The summed E-state index contributed by atoms with van der Waals surface area (Å²) in [7, 11) is 1.95. The van der Waals surface area contributed by atoms with Gasteiger partial charge in [0, 0.05) is 12.0 Å². The average Bonchev–Trinajstić information content (AvgIpc) is 2.36. The zero-order chi connectivity index (χ0) is 13.6. The van der Waals surface area contributed by atoms with Crippen molar-refractivity contribution in [2.24, 2.45) is 5.92 Å². The number of carbonyl (C=O) groups excluding carboxylic acids is 1. The summed E-state index contributed by atoms with van der Waals surface area (Å²) in [5.74, 6) is 0.315. The van der Waals surface area contributed by atoms with Crippen LogP contribution in [0.3, 0.4) is 0 Å². The SMILES string of the molecule is CNC1(CC(=O)NC(CO)C(C)C)CCCCC1. The molecule has 0 radical (unpaired) electrons. The van der Waals surface area contributed by atoms with Gasteiger partial charge in [0.25, 0.3) is 0 Å². The fraction of sp³-hybridized carbons (Fsp3) is 0.929. The monoisotopic (exact) mass is 256 g/mol. The van der Waals surface area contributed by atoms with E-state index in [9.17, 15) is 9.90 Å². The summed E-state index contributed by atoms with van der Waals surface area (Å²) in [5, 5.41) is 15.5. The molecule has 18 heavy (non-hydrogen) atoms. The summed E-state index contributed by atoms with van der Waals surface area (Å²) < 4.78 is 0. The van der Waals surface area contributed by atoms with Crippen molar-refractivity contribution >= 4 is 5.91 Å². The Bertz CT molecular complexity index is 261. The van der Waals surface area contributed by atoms with E-state index in [0.717, 1.165) is 12.8 Å². The van der Waals surface area contributed by atoms with Gasteiger partial charge < -0.3 is 15.7 Å². The van der Waals surface area contributed by atoms with E-state index in [0.29, 0.717) is 6.42 Å². The highest BCUT2D eigenvalue weighted by atomic mass is 16.3. The molecule has 0 bridgehead atoms. The van der Waals surface area contributed by atoms with Gasteiger partial charge in [0.1, 0.15) is 0 Å². The molecule has 0 aliphatic heterocycles. The van der Waals surface area contributed by atoms with Crippen LogP contribution in [0.2, 0.25) is 0 Å². The molecule has 1 aliphatic rings. The maximum Gasteiger partial charge on any atom is 0.222 e. The Labute approximate surface area is 111 Å². The van der Waals surface area contributed by atoms with Gasteiger partial charge in [0.05, 0.1) is 12.6 Å². The maximum atomic E-state index is 12.1. The van der Waals surface area contributed by atoms with Crippen molar-refractivity contribution in [3.8, 4) is 0 Å². The normalized spacial score (nSPS) is 20.7. The van der Waals surface area contributed by atoms with Crippen molar-refractivity contribution in [3.05, 3.63) is 0 Å². The lowest BCUT2D eigenvalue weighted by atomic mass is 9.79. The van der Waals surface area contributed by atoms with E-state index in [1.165, 1.54) is 19.3 Å². The Balaban J connectivity index is 2.51. The van der Waals surface area contributed by atoms with Crippen LogP contribution in [0.5, 0.6) is 0 Å². The third kappa shape index (κ3) is 4.25. The second kappa shape index (κ2) is 7.10.